The highest BCUT2D eigenvalue weighted by Gasteiger charge is 2.18. The molecule has 0 bridgehead atoms. The van der Waals surface area contributed by atoms with Gasteiger partial charge in [-0.05, 0) is 35.9 Å². The number of methoxy groups -OCH3 is 1. The number of aromatic nitrogens is 3. The van der Waals surface area contributed by atoms with E-state index in [0.717, 1.165) is 6.07 Å². The van der Waals surface area contributed by atoms with Crippen molar-refractivity contribution in [3.8, 4) is 28.3 Å². The first-order chi connectivity index (χ1) is 15.5. The first-order valence-electron chi connectivity index (χ1n) is 9.74. The molecule has 0 aliphatic heterocycles. The van der Waals surface area contributed by atoms with Crippen LogP contribution >= 0.6 is 0 Å². The summed E-state index contributed by atoms with van der Waals surface area (Å²) in [6.07, 6.45) is 3.34. The van der Waals surface area contributed by atoms with Crippen LogP contribution in [0, 0.1) is 11.6 Å². The molecule has 2 aromatic heterocycles. The van der Waals surface area contributed by atoms with Crippen LogP contribution in [-0.2, 0) is 4.79 Å². The molecule has 0 saturated heterocycles. The number of carbonyl (C=O) groups is 1. The van der Waals surface area contributed by atoms with Crippen molar-refractivity contribution in [2.75, 3.05) is 19.0 Å². The fourth-order valence-corrected chi connectivity index (χ4v) is 3.30. The monoisotopic (exact) mass is 435 g/mol. The zero-order chi connectivity index (χ0) is 22.7. The molecule has 0 fully saturated rings. The minimum Gasteiger partial charge on any atom is -0.494 e. The summed E-state index contributed by atoms with van der Waals surface area (Å²) < 4.78 is 33.8. The van der Waals surface area contributed by atoms with Gasteiger partial charge in [-0.1, -0.05) is 12.1 Å². The molecule has 32 heavy (non-hydrogen) atoms. The van der Waals surface area contributed by atoms with Crippen LogP contribution in [-0.4, -0.2) is 34.5 Å². The third kappa shape index (κ3) is 4.18. The molecule has 162 valence electrons. The molecule has 2 heterocycles. The highest BCUT2D eigenvalue weighted by atomic mass is 19.2. The van der Waals surface area contributed by atoms with Gasteiger partial charge >= 0.3 is 0 Å². The van der Waals surface area contributed by atoms with Crippen LogP contribution in [0.4, 0.5) is 14.6 Å². The summed E-state index contributed by atoms with van der Waals surface area (Å²) >= 11 is 0. The second-order valence-corrected chi connectivity index (χ2v) is 6.96. The number of fused-ring (bicyclic) bond motifs is 1. The van der Waals surface area contributed by atoms with Gasteiger partial charge in [0.15, 0.2) is 17.5 Å². The van der Waals surface area contributed by atoms with Crippen molar-refractivity contribution in [3.05, 3.63) is 66.5 Å². The van der Waals surface area contributed by atoms with Gasteiger partial charge in [-0.25, -0.2) is 18.7 Å². The van der Waals surface area contributed by atoms with E-state index in [1.165, 1.54) is 19.2 Å². The number of amides is 1. The van der Waals surface area contributed by atoms with E-state index in [2.05, 4.69) is 20.3 Å². The average molecular weight is 435 g/mol. The van der Waals surface area contributed by atoms with E-state index in [9.17, 15) is 13.6 Å². The third-order valence-electron chi connectivity index (χ3n) is 4.83. The van der Waals surface area contributed by atoms with E-state index in [1.807, 2.05) is 6.07 Å². The molecule has 4 aromatic rings. The Bertz CT molecular complexity index is 1300. The average Bonchev–Trinajstić information content (AvgIpc) is 2.80. The maximum absolute atomic E-state index is 14.5. The fourth-order valence-electron chi connectivity index (χ4n) is 3.30. The number of benzene rings is 2. The lowest BCUT2D eigenvalue weighted by atomic mass is 10.0. The number of nitrogens with zero attached hydrogens (tertiary/aromatic N) is 3. The van der Waals surface area contributed by atoms with Gasteiger partial charge in [0.2, 0.25) is 5.91 Å². The van der Waals surface area contributed by atoms with Crippen LogP contribution < -0.4 is 15.8 Å². The van der Waals surface area contributed by atoms with Crippen molar-refractivity contribution >= 4 is 22.6 Å². The lowest BCUT2D eigenvalue weighted by Crippen LogP contribution is -2.16. The first kappa shape index (κ1) is 21.1. The van der Waals surface area contributed by atoms with Gasteiger partial charge in [-0.15, -0.1) is 0 Å². The topological polar surface area (TPSA) is 103 Å². The maximum atomic E-state index is 14.5. The molecule has 0 aliphatic carbocycles. The van der Waals surface area contributed by atoms with Crippen molar-refractivity contribution in [2.45, 2.75) is 6.42 Å². The van der Waals surface area contributed by atoms with E-state index >= 15 is 0 Å². The summed E-state index contributed by atoms with van der Waals surface area (Å²) in [6, 6.07) is 10.8. The summed E-state index contributed by atoms with van der Waals surface area (Å²) in [5.41, 5.74) is 6.85. The zero-order valence-corrected chi connectivity index (χ0v) is 17.1. The predicted octanol–water partition coefficient (Wildman–Crippen LogP) is 3.93. The number of halogens is 2. The molecule has 9 heteroatoms. The number of nitrogens with two attached hydrogens (primary N) is 1. The number of hydrogen-bond donors (Lipinski definition) is 2. The van der Waals surface area contributed by atoms with Gasteiger partial charge in [-0.2, -0.15) is 0 Å². The van der Waals surface area contributed by atoms with Crippen molar-refractivity contribution in [2.24, 2.45) is 5.73 Å². The van der Waals surface area contributed by atoms with Gasteiger partial charge in [-0.3, -0.25) is 9.78 Å². The van der Waals surface area contributed by atoms with Crippen LogP contribution in [0.15, 0.2) is 54.9 Å². The molecular formula is C23H19F2N5O2. The predicted molar refractivity (Wildman–Crippen MR) is 117 cm³/mol. The molecular weight excluding hydrogens is 416 g/mol. The van der Waals surface area contributed by atoms with Crippen LogP contribution in [0.2, 0.25) is 0 Å². The highest BCUT2D eigenvalue weighted by molar-refractivity contribution is 5.98. The Kier molecular flexibility index (Phi) is 5.89. The molecule has 0 aliphatic rings. The summed E-state index contributed by atoms with van der Waals surface area (Å²) in [5, 5.41) is 3.60. The molecule has 0 unspecified atom stereocenters. The number of primary amides is 1. The zero-order valence-electron chi connectivity index (χ0n) is 17.1. The lowest BCUT2D eigenvalue weighted by molar-refractivity contribution is -0.117. The summed E-state index contributed by atoms with van der Waals surface area (Å²) in [5.74, 6) is -1.26. The van der Waals surface area contributed by atoms with Crippen LogP contribution in [0.3, 0.4) is 0 Å². The number of pyridine rings is 1. The Labute approximate surface area is 182 Å². The Morgan fingerprint density at radius 3 is 2.69 bits per heavy atom. The molecule has 0 saturated carbocycles. The van der Waals surface area contributed by atoms with Gasteiger partial charge < -0.3 is 15.8 Å². The third-order valence-corrected chi connectivity index (χ3v) is 4.83. The standard InChI is InChI=1S/C23H19F2N5O2/c1-32-18-11-14(15-5-2-6-17(24)20(15)25)10-16-21(18)29-22(13-4-3-8-27-12-13)30-23(16)28-9-7-19(26)31/h2-6,8,10-12H,7,9H2,1H3,(H2,26,31)(H,28,29,30). The molecule has 7 nitrogen and oxygen atoms in total. The number of nitrogens with one attached hydrogen (secondary N) is 1. The summed E-state index contributed by atoms with van der Waals surface area (Å²) in [6.45, 7) is 0.231. The minimum absolute atomic E-state index is 0.0737. The largest absolute Gasteiger partial charge is 0.494 e. The van der Waals surface area contributed by atoms with E-state index in [-0.39, 0.29) is 18.5 Å². The van der Waals surface area contributed by atoms with Gasteiger partial charge in [0, 0.05) is 41.9 Å². The summed E-state index contributed by atoms with van der Waals surface area (Å²) in [4.78, 5) is 24.5. The Morgan fingerprint density at radius 1 is 1.12 bits per heavy atom. The minimum atomic E-state index is -0.968. The quantitative estimate of drug-likeness (QED) is 0.456. The molecule has 1 amide bonds. The van der Waals surface area contributed by atoms with E-state index < -0.39 is 17.5 Å². The molecule has 4 rings (SSSR count). The number of rotatable bonds is 7. The first-order valence-corrected chi connectivity index (χ1v) is 9.74. The number of anilines is 1. The second kappa shape index (κ2) is 8.93. The van der Waals surface area contributed by atoms with Gasteiger partial charge in [0.05, 0.1) is 7.11 Å². The molecule has 0 radical (unpaired) electrons. The fraction of sp³-hybridized carbons (Fsp3) is 0.130. The maximum Gasteiger partial charge on any atom is 0.219 e. The van der Waals surface area contributed by atoms with E-state index in [4.69, 9.17) is 10.5 Å². The molecule has 3 N–H and O–H groups in total. The van der Waals surface area contributed by atoms with Gasteiger partial charge in [0.1, 0.15) is 17.1 Å². The van der Waals surface area contributed by atoms with E-state index in [0.29, 0.717) is 39.4 Å². The summed E-state index contributed by atoms with van der Waals surface area (Å²) in [7, 11) is 1.46. The Morgan fingerprint density at radius 2 is 1.97 bits per heavy atom. The molecule has 0 atom stereocenters. The van der Waals surface area contributed by atoms with Gasteiger partial charge in [0.25, 0.3) is 0 Å². The van der Waals surface area contributed by atoms with Crippen molar-refractivity contribution in [1.82, 2.24) is 15.0 Å². The molecule has 0 spiro atoms. The Hall–Kier alpha value is -4.14. The Balaban J connectivity index is 1.94. The van der Waals surface area contributed by atoms with Crippen LogP contribution in [0.25, 0.3) is 33.4 Å². The van der Waals surface area contributed by atoms with Crippen molar-refractivity contribution in [1.29, 1.82) is 0 Å². The molecule has 2 aromatic carbocycles. The SMILES string of the molecule is COc1cc(-c2cccc(F)c2F)cc2c(NCCC(N)=O)nc(-c3cccnc3)nc12. The lowest BCUT2D eigenvalue weighted by Gasteiger charge is -2.15. The normalized spacial score (nSPS) is 10.8. The number of hydrogen-bond acceptors (Lipinski definition) is 6. The van der Waals surface area contributed by atoms with E-state index in [1.54, 1.807) is 30.6 Å². The second-order valence-electron chi connectivity index (χ2n) is 6.96. The van der Waals surface area contributed by atoms with Crippen LogP contribution in [0.5, 0.6) is 5.75 Å². The number of ether oxygens (including phenoxy) is 1. The van der Waals surface area contributed by atoms with Crippen molar-refractivity contribution in [3.63, 3.8) is 0 Å². The highest BCUT2D eigenvalue weighted by Crippen LogP contribution is 2.36. The van der Waals surface area contributed by atoms with Crippen molar-refractivity contribution < 1.29 is 18.3 Å². The van der Waals surface area contributed by atoms with Crippen LogP contribution in [0.1, 0.15) is 6.42 Å². The number of carbonyl (C=O) groups excluding carboxylic acids is 1. The smallest absolute Gasteiger partial charge is 0.219 e.